The van der Waals surface area contributed by atoms with Gasteiger partial charge >= 0.3 is 0 Å². The number of halogens is 2. The summed E-state index contributed by atoms with van der Waals surface area (Å²) in [5.74, 6) is -1.61. The van der Waals surface area contributed by atoms with Crippen molar-refractivity contribution in [3.63, 3.8) is 0 Å². The van der Waals surface area contributed by atoms with E-state index in [-0.39, 0.29) is 5.92 Å². The molecule has 0 spiro atoms. The van der Waals surface area contributed by atoms with Crippen LogP contribution in [0.3, 0.4) is 0 Å². The van der Waals surface area contributed by atoms with Gasteiger partial charge in [-0.15, -0.1) is 0 Å². The second-order valence-electron chi connectivity index (χ2n) is 5.00. The van der Waals surface area contributed by atoms with E-state index in [1.165, 1.54) is 4.31 Å². The molecule has 0 bridgehead atoms. The van der Waals surface area contributed by atoms with Crippen LogP contribution in [-0.2, 0) is 10.0 Å². The summed E-state index contributed by atoms with van der Waals surface area (Å²) in [7, 11) is -2.08. The Balaban J connectivity index is 2.25. The monoisotopic (exact) mass is 304 g/mol. The molecule has 1 aliphatic rings. The minimum absolute atomic E-state index is 0.215. The second kappa shape index (κ2) is 6.15. The van der Waals surface area contributed by atoms with E-state index in [1.54, 1.807) is 0 Å². The standard InChI is InChI=1S/C13H18F2N2O2S/c1-16-8-10-3-2-6-17(9-10)20(18,19)13-5-4-11(14)7-12(13)15/h4-5,7,10,16H,2-3,6,8-9H2,1H3/t10-/m1/s1. The minimum Gasteiger partial charge on any atom is -0.319 e. The molecule has 1 N–H and O–H groups in total. The Morgan fingerprint density at radius 1 is 1.40 bits per heavy atom. The van der Waals surface area contributed by atoms with Crippen LogP contribution < -0.4 is 5.32 Å². The van der Waals surface area contributed by atoms with Crippen LogP contribution >= 0.6 is 0 Å². The van der Waals surface area contributed by atoms with Gasteiger partial charge in [0.1, 0.15) is 16.5 Å². The molecule has 1 saturated heterocycles. The van der Waals surface area contributed by atoms with E-state index in [0.29, 0.717) is 19.2 Å². The predicted molar refractivity (Wildman–Crippen MR) is 71.8 cm³/mol. The van der Waals surface area contributed by atoms with Gasteiger partial charge in [-0.2, -0.15) is 4.31 Å². The maximum atomic E-state index is 13.7. The summed E-state index contributed by atoms with van der Waals surface area (Å²) in [5.41, 5.74) is 0. The molecule has 1 aliphatic heterocycles. The molecule has 7 heteroatoms. The molecule has 1 aromatic rings. The maximum Gasteiger partial charge on any atom is 0.245 e. The third kappa shape index (κ3) is 3.16. The number of nitrogens with zero attached hydrogens (tertiary/aromatic N) is 1. The molecule has 0 saturated carbocycles. The van der Waals surface area contributed by atoms with Crippen molar-refractivity contribution in [1.29, 1.82) is 0 Å². The number of benzene rings is 1. The number of sulfonamides is 1. The van der Waals surface area contributed by atoms with Gasteiger partial charge in [0.2, 0.25) is 10.0 Å². The molecule has 0 amide bonds. The molecule has 1 atom stereocenters. The summed E-state index contributed by atoms with van der Waals surface area (Å²) in [5, 5.41) is 3.02. The van der Waals surface area contributed by atoms with Crippen molar-refractivity contribution < 1.29 is 17.2 Å². The highest BCUT2D eigenvalue weighted by Crippen LogP contribution is 2.25. The molecule has 0 unspecified atom stereocenters. The lowest BCUT2D eigenvalue weighted by molar-refractivity contribution is 0.262. The molecule has 2 rings (SSSR count). The highest BCUT2D eigenvalue weighted by molar-refractivity contribution is 7.89. The van der Waals surface area contributed by atoms with Crippen LogP contribution in [0.1, 0.15) is 12.8 Å². The van der Waals surface area contributed by atoms with Gasteiger partial charge in [-0.3, -0.25) is 0 Å². The van der Waals surface area contributed by atoms with E-state index in [0.717, 1.165) is 31.5 Å². The fourth-order valence-corrected chi connectivity index (χ4v) is 4.12. The Morgan fingerprint density at radius 3 is 2.80 bits per heavy atom. The molecule has 1 fully saturated rings. The highest BCUT2D eigenvalue weighted by Gasteiger charge is 2.31. The van der Waals surface area contributed by atoms with Gasteiger partial charge in [-0.05, 0) is 44.5 Å². The zero-order valence-electron chi connectivity index (χ0n) is 11.3. The van der Waals surface area contributed by atoms with Crippen molar-refractivity contribution >= 4 is 10.0 Å². The largest absolute Gasteiger partial charge is 0.319 e. The SMILES string of the molecule is CNC[C@H]1CCCN(S(=O)(=O)c2ccc(F)cc2F)C1. The highest BCUT2D eigenvalue weighted by atomic mass is 32.2. The van der Waals surface area contributed by atoms with Crippen LogP contribution in [0.2, 0.25) is 0 Å². The first-order chi connectivity index (χ1) is 9.45. The summed E-state index contributed by atoms with van der Waals surface area (Å²) in [6, 6.07) is 2.55. The lowest BCUT2D eigenvalue weighted by Gasteiger charge is -2.31. The van der Waals surface area contributed by atoms with E-state index in [9.17, 15) is 17.2 Å². The quantitative estimate of drug-likeness (QED) is 0.919. The first-order valence-corrected chi connectivity index (χ1v) is 7.99. The molecule has 112 valence electrons. The topological polar surface area (TPSA) is 49.4 Å². The summed E-state index contributed by atoms with van der Waals surface area (Å²) < 4.78 is 52.7. The number of piperidine rings is 1. The van der Waals surface area contributed by atoms with Gasteiger partial charge in [-0.1, -0.05) is 0 Å². The lowest BCUT2D eigenvalue weighted by atomic mass is 10.00. The Kier molecular flexibility index (Phi) is 4.72. The van der Waals surface area contributed by atoms with Crippen LogP contribution in [0.25, 0.3) is 0 Å². The molecule has 4 nitrogen and oxygen atoms in total. The molecule has 0 aromatic heterocycles. The Bertz CT molecular complexity index is 576. The number of hydrogen-bond acceptors (Lipinski definition) is 3. The van der Waals surface area contributed by atoms with Crippen molar-refractivity contribution in [3.05, 3.63) is 29.8 Å². The second-order valence-corrected chi connectivity index (χ2v) is 6.91. The Morgan fingerprint density at radius 2 is 2.15 bits per heavy atom. The predicted octanol–water partition coefficient (Wildman–Crippen LogP) is 1.58. The van der Waals surface area contributed by atoms with Gasteiger partial charge in [0.05, 0.1) is 0 Å². The third-order valence-electron chi connectivity index (χ3n) is 3.49. The summed E-state index contributed by atoms with van der Waals surface area (Å²) >= 11 is 0. The fourth-order valence-electron chi connectivity index (χ4n) is 2.52. The molecule has 1 aromatic carbocycles. The summed E-state index contributed by atoms with van der Waals surface area (Å²) in [4.78, 5) is -0.455. The minimum atomic E-state index is -3.90. The van der Waals surface area contributed by atoms with E-state index < -0.39 is 26.6 Å². The van der Waals surface area contributed by atoms with E-state index >= 15 is 0 Å². The first kappa shape index (κ1) is 15.3. The van der Waals surface area contributed by atoms with Crippen molar-refractivity contribution in [2.24, 2.45) is 5.92 Å². The van der Waals surface area contributed by atoms with Crippen molar-refractivity contribution in [1.82, 2.24) is 9.62 Å². The summed E-state index contributed by atoms with van der Waals surface area (Å²) in [6.07, 6.45) is 1.69. The van der Waals surface area contributed by atoms with Gasteiger partial charge in [-0.25, -0.2) is 17.2 Å². The van der Waals surface area contributed by atoms with Gasteiger partial charge in [0, 0.05) is 19.2 Å². The maximum absolute atomic E-state index is 13.7. The van der Waals surface area contributed by atoms with E-state index in [4.69, 9.17) is 0 Å². The Labute approximate surface area is 117 Å². The number of nitrogens with one attached hydrogen (secondary N) is 1. The molecular weight excluding hydrogens is 286 g/mol. The zero-order chi connectivity index (χ0) is 14.8. The molecule has 20 heavy (non-hydrogen) atoms. The Hall–Kier alpha value is -1.05. The average Bonchev–Trinajstić information content (AvgIpc) is 2.39. The first-order valence-electron chi connectivity index (χ1n) is 6.55. The smallest absolute Gasteiger partial charge is 0.245 e. The lowest BCUT2D eigenvalue weighted by Crippen LogP contribution is -2.42. The normalized spacial score (nSPS) is 21.1. The van der Waals surface area contributed by atoms with Crippen molar-refractivity contribution in [3.8, 4) is 0 Å². The number of rotatable bonds is 4. The van der Waals surface area contributed by atoms with Crippen LogP contribution in [0, 0.1) is 17.6 Å². The molecular formula is C13H18F2N2O2S. The zero-order valence-corrected chi connectivity index (χ0v) is 12.1. The van der Waals surface area contributed by atoms with Gasteiger partial charge in [0.15, 0.2) is 0 Å². The van der Waals surface area contributed by atoms with Crippen LogP contribution in [0.5, 0.6) is 0 Å². The molecule has 0 aliphatic carbocycles. The molecule has 1 heterocycles. The molecule has 0 radical (unpaired) electrons. The summed E-state index contributed by atoms with van der Waals surface area (Å²) in [6.45, 7) is 1.46. The van der Waals surface area contributed by atoms with Gasteiger partial charge in [0.25, 0.3) is 0 Å². The third-order valence-corrected chi connectivity index (χ3v) is 5.38. The van der Waals surface area contributed by atoms with Crippen LogP contribution in [0.4, 0.5) is 8.78 Å². The van der Waals surface area contributed by atoms with Crippen molar-refractivity contribution in [2.75, 3.05) is 26.7 Å². The van der Waals surface area contributed by atoms with Crippen LogP contribution in [-0.4, -0.2) is 39.4 Å². The fraction of sp³-hybridized carbons (Fsp3) is 0.538. The van der Waals surface area contributed by atoms with E-state index in [2.05, 4.69) is 5.32 Å². The number of hydrogen-bond donors (Lipinski definition) is 1. The average molecular weight is 304 g/mol. The van der Waals surface area contributed by atoms with Crippen LogP contribution in [0.15, 0.2) is 23.1 Å². The van der Waals surface area contributed by atoms with Gasteiger partial charge < -0.3 is 5.32 Å². The van der Waals surface area contributed by atoms with Crippen molar-refractivity contribution in [2.45, 2.75) is 17.7 Å². The van der Waals surface area contributed by atoms with E-state index in [1.807, 2.05) is 7.05 Å².